The molecule has 0 unspecified atom stereocenters. The van der Waals surface area contributed by atoms with Crippen LogP contribution in [-0.2, 0) is 0 Å². The van der Waals surface area contributed by atoms with Gasteiger partial charge in [0.05, 0.1) is 0 Å². The van der Waals surface area contributed by atoms with Gasteiger partial charge in [-0.05, 0) is 18.6 Å². The lowest BCUT2D eigenvalue weighted by Gasteiger charge is -2.11. The van der Waals surface area contributed by atoms with Gasteiger partial charge in [-0.15, -0.1) is 0 Å². The first-order valence-corrected chi connectivity index (χ1v) is 5.22. The van der Waals surface area contributed by atoms with Gasteiger partial charge >= 0.3 is 0 Å². The molecule has 14 heavy (non-hydrogen) atoms. The van der Waals surface area contributed by atoms with E-state index in [1.807, 2.05) is 0 Å². The third kappa shape index (κ3) is 2.54. The zero-order valence-electron chi connectivity index (χ0n) is 7.15. The summed E-state index contributed by atoms with van der Waals surface area (Å²) in [6, 6.07) is 4.89. The molecule has 0 fully saturated rings. The van der Waals surface area contributed by atoms with E-state index in [9.17, 15) is 4.79 Å². The van der Waals surface area contributed by atoms with E-state index in [4.69, 9.17) is 46.4 Å². The molecule has 0 aromatic heterocycles. The van der Waals surface area contributed by atoms with Crippen LogP contribution in [0.2, 0.25) is 5.02 Å². The van der Waals surface area contributed by atoms with Gasteiger partial charge < -0.3 is 0 Å². The highest BCUT2D eigenvalue weighted by Crippen LogP contribution is 2.32. The van der Waals surface area contributed by atoms with E-state index in [-0.39, 0.29) is 0 Å². The highest BCUT2D eigenvalue weighted by Gasteiger charge is 2.32. The maximum absolute atomic E-state index is 11.6. The zero-order valence-corrected chi connectivity index (χ0v) is 10.2. The van der Waals surface area contributed by atoms with Gasteiger partial charge in [-0.2, -0.15) is 0 Å². The van der Waals surface area contributed by atoms with Crippen molar-refractivity contribution in [3.05, 3.63) is 34.3 Å². The summed E-state index contributed by atoms with van der Waals surface area (Å²) in [7, 11) is 0. The van der Waals surface area contributed by atoms with Crippen LogP contribution in [0.25, 0.3) is 0 Å². The van der Waals surface area contributed by atoms with E-state index in [1.165, 1.54) is 0 Å². The predicted octanol–water partition coefficient (Wildman–Crippen LogP) is 4.20. The summed E-state index contributed by atoms with van der Waals surface area (Å²) in [6.07, 6.45) is 0. The zero-order chi connectivity index (χ0) is 10.9. The number of halogens is 4. The van der Waals surface area contributed by atoms with Gasteiger partial charge in [-0.3, -0.25) is 4.79 Å². The molecule has 0 N–H and O–H groups in total. The number of hydrogen-bond donors (Lipinski definition) is 0. The second-order valence-corrected chi connectivity index (χ2v) is 5.43. The van der Waals surface area contributed by atoms with Crippen LogP contribution in [-0.4, -0.2) is 9.58 Å². The number of benzene rings is 1. The molecule has 1 aromatic rings. The Hall–Kier alpha value is 0.0500. The lowest BCUT2D eigenvalue weighted by molar-refractivity contribution is 0.0996. The molecule has 76 valence electrons. The molecule has 1 nitrogen and oxygen atoms in total. The van der Waals surface area contributed by atoms with E-state index >= 15 is 0 Å². The summed E-state index contributed by atoms with van der Waals surface area (Å²) < 4.78 is -1.94. The normalized spacial score (nSPS) is 11.5. The molecule has 0 atom stereocenters. The summed E-state index contributed by atoms with van der Waals surface area (Å²) in [5.41, 5.74) is 0.947. The van der Waals surface area contributed by atoms with Crippen LogP contribution in [0.15, 0.2) is 18.2 Å². The van der Waals surface area contributed by atoms with Gasteiger partial charge in [-0.25, -0.2) is 0 Å². The molecule has 0 aliphatic carbocycles. The first-order valence-electron chi connectivity index (χ1n) is 3.70. The summed E-state index contributed by atoms with van der Waals surface area (Å²) in [5.74, 6) is -0.567. The van der Waals surface area contributed by atoms with E-state index < -0.39 is 9.58 Å². The van der Waals surface area contributed by atoms with E-state index in [1.54, 1.807) is 25.1 Å². The van der Waals surface area contributed by atoms with Gasteiger partial charge in [0.25, 0.3) is 3.79 Å². The van der Waals surface area contributed by atoms with Crippen LogP contribution >= 0.6 is 46.4 Å². The summed E-state index contributed by atoms with van der Waals surface area (Å²) in [6.45, 7) is 1.70. The van der Waals surface area contributed by atoms with Crippen molar-refractivity contribution in [1.29, 1.82) is 0 Å². The van der Waals surface area contributed by atoms with Crippen molar-refractivity contribution in [2.24, 2.45) is 0 Å². The molecule has 0 aliphatic rings. The lowest BCUT2D eigenvalue weighted by Crippen LogP contribution is -2.19. The molecule has 0 saturated heterocycles. The van der Waals surface area contributed by atoms with Crippen LogP contribution in [0.4, 0.5) is 0 Å². The molecule has 1 aromatic carbocycles. The highest BCUT2D eigenvalue weighted by atomic mass is 35.6. The number of hydrogen-bond acceptors (Lipinski definition) is 1. The second kappa shape index (κ2) is 4.28. The van der Waals surface area contributed by atoms with Crippen LogP contribution in [0.5, 0.6) is 0 Å². The van der Waals surface area contributed by atoms with Crippen molar-refractivity contribution in [1.82, 2.24) is 0 Å². The maximum Gasteiger partial charge on any atom is 0.253 e. The fraction of sp³-hybridized carbons (Fsp3) is 0.222. The van der Waals surface area contributed by atoms with Crippen molar-refractivity contribution in [2.45, 2.75) is 10.7 Å². The van der Waals surface area contributed by atoms with E-state index in [0.29, 0.717) is 16.1 Å². The summed E-state index contributed by atoms with van der Waals surface area (Å²) >= 11 is 22.3. The largest absolute Gasteiger partial charge is 0.289 e. The Morgan fingerprint density at radius 2 is 1.86 bits per heavy atom. The molecule has 1 rings (SSSR count). The third-order valence-corrected chi connectivity index (χ3v) is 2.69. The van der Waals surface area contributed by atoms with Crippen LogP contribution in [0.3, 0.4) is 0 Å². The topological polar surface area (TPSA) is 17.1 Å². The molecule has 0 heterocycles. The Kier molecular flexibility index (Phi) is 3.70. The van der Waals surface area contributed by atoms with Crippen LogP contribution in [0.1, 0.15) is 15.9 Å². The van der Waals surface area contributed by atoms with Crippen molar-refractivity contribution < 1.29 is 4.79 Å². The monoisotopic (exact) mass is 270 g/mol. The number of rotatable bonds is 1. The Bertz CT molecular complexity index is 368. The van der Waals surface area contributed by atoms with Gasteiger partial charge in [0.1, 0.15) is 0 Å². The van der Waals surface area contributed by atoms with Crippen molar-refractivity contribution >= 4 is 52.2 Å². The van der Waals surface area contributed by atoms with Gasteiger partial charge in [0.2, 0.25) is 5.78 Å². The Morgan fingerprint density at radius 1 is 1.29 bits per heavy atom. The van der Waals surface area contributed by atoms with Crippen molar-refractivity contribution in [3.63, 3.8) is 0 Å². The molecule has 0 amide bonds. The van der Waals surface area contributed by atoms with Gasteiger partial charge in [-0.1, -0.05) is 58.5 Å². The first-order chi connectivity index (χ1) is 6.34. The summed E-state index contributed by atoms with van der Waals surface area (Å²) in [4.78, 5) is 11.6. The Morgan fingerprint density at radius 3 is 2.36 bits per heavy atom. The average Bonchev–Trinajstić information content (AvgIpc) is 2.07. The number of Topliss-reactive ketones (excluding diaryl/α,β-unsaturated/α-hetero) is 1. The van der Waals surface area contributed by atoms with Gasteiger partial charge in [0.15, 0.2) is 0 Å². The molecule has 0 saturated carbocycles. The van der Waals surface area contributed by atoms with Gasteiger partial charge in [0, 0.05) is 10.6 Å². The quantitative estimate of drug-likeness (QED) is 0.553. The molecule has 0 bridgehead atoms. The molecular weight excluding hydrogens is 266 g/mol. The minimum atomic E-state index is -1.94. The van der Waals surface area contributed by atoms with E-state index in [2.05, 4.69) is 0 Å². The third-order valence-electron chi connectivity index (χ3n) is 1.77. The summed E-state index contributed by atoms with van der Waals surface area (Å²) in [5, 5.41) is 0.477. The Balaban J connectivity index is 3.21. The fourth-order valence-electron chi connectivity index (χ4n) is 1.01. The van der Waals surface area contributed by atoms with Crippen LogP contribution < -0.4 is 0 Å². The van der Waals surface area contributed by atoms with E-state index in [0.717, 1.165) is 0 Å². The average molecular weight is 272 g/mol. The fourth-order valence-corrected chi connectivity index (χ4v) is 1.49. The minimum Gasteiger partial charge on any atom is -0.289 e. The lowest BCUT2D eigenvalue weighted by atomic mass is 10.1. The highest BCUT2D eigenvalue weighted by molar-refractivity contribution is 6.77. The van der Waals surface area contributed by atoms with Crippen molar-refractivity contribution in [2.75, 3.05) is 0 Å². The Labute approximate surface area is 102 Å². The first kappa shape index (κ1) is 12.1. The molecule has 0 spiro atoms. The number of ketones is 1. The second-order valence-electron chi connectivity index (χ2n) is 2.74. The standard InChI is InChI=1S/C9H6Cl4O/c1-5-6(3-2-4-7(5)10)8(14)9(11,12)13/h2-4H,1H3. The minimum absolute atomic E-state index is 0.331. The smallest absolute Gasteiger partial charge is 0.253 e. The predicted molar refractivity (Wildman–Crippen MR) is 60.8 cm³/mol. The number of alkyl halides is 3. The maximum atomic E-state index is 11.6. The van der Waals surface area contributed by atoms with Crippen LogP contribution in [0, 0.1) is 6.92 Å². The number of carbonyl (C=O) groups excluding carboxylic acids is 1. The molecule has 0 radical (unpaired) electrons. The molecule has 5 heteroatoms. The SMILES string of the molecule is Cc1c(Cl)cccc1C(=O)C(Cl)(Cl)Cl. The van der Waals surface area contributed by atoms with Crippen molar-refractivity contribution in [3.8, 4) is 0 Å². The number of carbonyl (C=O) groups is 1. The molecular formula is C9H6Cl4O. The molecule has 0 aliphatic heterocycles.